The molecule has 1 fully saturated rings. The van der Waals surface area contributed by atoms with Crippen molar-refractivity contribution in [2.24, 2.45) is 0 Å². The molecule has 2 aromatic heterocycles. The summed E-state index contributed by atoms with van der Waals surface area (Å²) in [5.74, 6) is 0.944. The van der Waals surface area contributed by atoms with Crippen LogP contribution in [-0.4, -0.2) is 33.7 Å². The van der Waals surface area contributed by atoms with Crippen LogP contribution >= 0.6 is 0 Å². The average Bonchev–Trinajstić information content (AvgIpc) is 3.26. The normalized spacial score (nSPS) is 15.9. The Hall–Kier alpha value is -2.82. The Labute approximate surface area is 140 Å². The van der Waals surface area contributed by atoms with Crippen molar-refractivity contribution in [1.29, 1.82) is 0 Å². The lowest BCUT2D eigenvalue weighted by molar-refractivity contribution is -0.137. The van der Waals surface area contributed by atoms with E-state index in [4.69, 9.17) is 4.42 Å². The third kappa shape index (κ3) is 2.85. The van der Waals surface area contributed by atoms with Crippen LogP contribution in [0.5, 0.6) is 0 Å². The Morgan fingerprint density at radius 3 is 2.67 bits per heavy atom. The van der Waals surface area contributed by atoms with Gasteiger partial charge in [0.25, 0.3) is 0 Å². The SMILES string of the molecule is O=C(C[C@H](c1ccccc1)c1ccco1)N1CC(n2cccn2)C1. The first-order chi connectivity index (χ1) is 11.8. The Bertz CT molecular complexity index is 775. The van der Waals surface area contributed by atoms with Gasteiger partial charge < -0.3 is 9.32 Å². The maximum atomic E-state index is 12.7. The Balaban J connectivity index is 1.45. The van der Waals surface area contributed by atoms with E-state index in [0.29, 0.717) is 12.5 Å². The molecule has 0 unspecified atom stereocenters. The maximum absolute atomic E-state index is 12.7. The van der Waals surface area contributed by atoms with Gasteiger partial charge in [-0.25, -0.2) is 0 Å². The van der Waals surface area contributed by atoms with Crippen molar-refractivity contribution < 1.29 is 9.21 Å². The first kappa shape index (κ1) is 14.8. The first-order valence-corrected chi connectivity index (χ1v) is 8.16. The standard InChI is InChI=1S/C19H19N3O2/c23-19(21-13-16(14-21)22-10-5-9-20-22)12-17(18-8-4-11-24-18)15-6-2-1-3-7-15/h1-11,16-17H,12-14H2/t17-/m1/s1. The summed E-state index contributed by atoms with van der Waals surface area (Å²) in [6.45, 7) is 1.44. The number of likely N-dealkylation sites (tertiary alicyclic amines) is 1. The van der Waals surface area contributed by atoms with Crippen molar-refractivity contribution in [2.75, 3.05) is 13.1 Å². The van der Waals surface area contributed by atoms with Gasteiger partial charge in [-0.1, -0.05) is 30.3 Å². The van der Waals surface area contributed by atoms with Crippen LogP contribution in [0.2, 0.25) is 0 Å². The van der Waals surface area contributed by atoms with Crippen molar-refractivity contribution in [3.8, 4) is 0 Å². The fraction of sp³-hybridized carbons (Fsp3) is 0.263. The van der Waals surface area contributed by atoms with E-state index < -0.39 is 0 Å². The van der Waals surface area contributed by atoms with Gasteiger partial charge in [-0.05, 0) is 23.8 Å². The van der Waals surface area contributed by atoms with Crippen molar-refractivity contribution in [3.05, 3.63) is 78.5 Å². The van der Waals surface area contributed by atoms with Crippen LogP contribution in [0.15, 0.2) is 71.6 Å². The van der Waals surface area contributed by atoms with Gasteiger partial charge in [0.2, 0.25) is 5.91 Å². The number of hydrogen-bond donors (Lipinski definition) is 0. The maximum Gasteiger partial charge on any atom is 0.223 e. The van der Waals surface area contributed by atoms with E-state index in [2.05, 4.69) is 5.10 Å². The molecule has 1 aliphatic rings. The van der Waals surface area contributed by atoms with Gasteiger partial charge >= 0.3 is 0 Å². The number of aromatic nitrogens is 2. The fourth-order valence-corrected chi connectivity index (χ4v) is 3.18. The Morgan fingerprint density at radius 1 is 1.17 bits per heavy atom. The summed E-state index contributed by atoms with van der Waals surface area (Å²) in [4.78, 5) is 14.6. The second-order valence-electron chi connectivity index (χ2n) is 6.12. The van der Waals surface area contributed by atoms with Crippen LogP contribution in [0.3, 0.4) is 0 Å². The van der Waals surface area contributed by atoms with Crippen LogP contribution in [0, 0.1) is 0 Å². The van der Waals surface area contributed by atoms with Crippen LogP contribution in [0.1, 0.15) is 29.7 Å². The van der Waals surface area contributed by atoms with Crippen molar-refractivity contribution in [1.82, 2.24) is 14.7 Å². The number of hydrogen-bond acceptors (Lipinski definition) is 3. The van der Waals surface area contributed by atoms with Crippen LogP contribution in [0.4, 0.5) is 0 Å². The van der Waals surface area contributed by atoms with Crippen LogP contribution < -0.4 is 0 Å². The van der Waals surface area contributed by atoms with Gasteiger partial charge in [0, 0.05) is 31.9 Å². The van der Waals surface area contributed by atoms with Gasteiger partial charge in [0.05, 0.1) is 18.2 Å². The van der Waals surface area contributed by atoms with E-state index in [1.165, 1.54) is 0 Å². The molecule has 24 heavy (non-hydrogen) atoms. The highest BCUT2D eigenvalue weighted by Gasteiger charge is 2.33. The molecule has 5 heteroatoms. The molecule has 5 nitrogen and oxygen atoms in total. The molecule has 3 aromatic rings. The lowest BCUT2D eigenvalue weighted by Crippen LogP contribution is -2.51. The summed E-state index contributed by atoms with van der Waals surface area (Å²) in [6.07, 6.45) is 5.80. The minimum Gasteiger partial charge on any atom is -0.469 e. The molecule has 1 aromatic carbocycles. The van der Waals surface area contributed by atoms with E-state index in [9.17, 15) is 4.79 Å². The molecule has 1 amide bonds. The highest BCUT2D eigenvalue weighted by Crippen LogP contribution is 2.31. The van der Waals surface area contributed by atoms with Crippen molar-refractivity contribution >= 4 is 5.91 Å². The summed E-state index contributed by atoms with van der Waals surface area (Å²) < 4.78 is 7.50. The van der Waals surface area contributed by atoms with Crippen molar-refractivity contribution in [3.63, 3.8) is 0 Å². The molecule has 0 radical (unpaired) electrons. The molecule has 1 saturated heterocycles. The number of carbonyl (C=O) groups excluding carboxylic acids is 1. The summed E-state index contributed by atoms with van der Waals surface area (Å²) >= 11 is 0. The van der Waals surface area contributed by atoms with Crippen molar-refractivity contribution in [2.45, 2.75) is 18.4 Å². The van der Waals surface area contributed by atoms with Crippen LogP contribution in [0.25, 0.3) is 0 Å². The minimum absolute atomic E-state index is 0.0440. The quantitative estimate of drug-likeness (QED) is 0.725. The number of carbonyl (C=O) groups is 1. The number of nitrogens with zero attached hydrogens (tertiary/aromatic N) is 3. The minimum atomic E-state index is -0.0440. The zero-order valence-corrected chi connectivity index (χ0v) is 13.3. The molecule has 0 aliphatic carbocycles. The fourth-order valence-electron chi connectivity index (χ4n) is 3.18. The lowest BCUT2D eigenvalue weighted by Gasteiger charge is -2.39. The predicted molar refractivity (Wildman–Crippen MR) is 89.5 cm³/mol. The average molecular weight is 321 g/mol. The van der Waals surface area contributed by atoms with Gasteiger partial charge in [0.15, 0.2) is 0 Å². The highest BCUT2D eigenvalue weighted by atomic mass is 16.3. The number of rotatable bonds is 5. The topological polar surface area (TPSA) is 51.3 Å². The third-order valence-electron chi connectivity index (χ3n) is 4.58. The summed E-state index contributed by atoms with van der Waals surface area (Å²) in [6, 6.07) is 16.1. The zero-order valence-electron chi connectivity index (χ0n) is 13.3. The van der Waals surface area contributed by atoms with E-state index in [1.54, 1.807) is 12.5 Å². The molecule has 1 atom stereocenters. The summed E-state index contributed by atoms with van der Waals surface area (Å²) in [5, 5.41) is 4.24. The van der Waals surface area contributed by atoms with Crippen LogP contribution in [-0.2, 0) is 4.79 Å². The monoisotopic (exact) mass is 321 g/mol. The lowest BCUT2D eigenvalue weighted by atomic mass is 9.92. The molecule has 0 N–H and O–H groups in total. The second-order valence-corrected chi connectivity index (χ2v) is 6.12. The Kier molecular flexibility index (Phi) is 3.91. The van der Waals surface area contributed by atoms with E-state index in [-0.39, 0.29) is 11.8 Å². The third-order valence-corrected chi connectivity index (χ3v) is 4.58. The number of furan rings is 1. The molecule has 122 valence electrons. The van der Waals surface area contributed by atoms with E-state index >= 15 is 0 Å². The zero-order chi connectivity index (χ0) is 16.4. The second kappa shape index (κ2) is 6.35. The molecular weight excluding hydrogens is 302 g/mol. The van der Waals surface area contributed by atoms with Gasteiger partial charge in [-0.3, -0.25) is 9.48 Å². The molecular formula is C19H19N3O2. The van der Waals surface area contributed by atoms with E-state index in [0.717, 1.165) is 24.4 Å². The molecule has 0 saturated carbocycles. The number of benzene rings is 1. The Morgan fingerprint density at radius 2 is 2.00 bits per heavy atom. The number of amides is 1. The summed E-state index contributed by atoms with van der Waals surface area (Å²) in [5.41, 5.74) is 1.10. The highest BCUT2D eigenvalue weighted by molar-refractivity contribution is 5.78. The summed E-state index contributed by atoms with van der Waals surface area (Å²) in [7, 11) is 0. The molecule has 0 spiro atoms. The largest absolute Gasteiger partial charge is 0.469 e. The molecule has 3 heterocycles. The molecule has 4 rings (SSSR count). The van der Waals surface area contributed by atoms with Gasteiger partial charge in [0.1, 0.15) is 5.76 Å². The molecule has 0 bridgehead atoms. The molecule has 1 aliphatic heterocycles. The van der Waals surface area contributed by atoms with E-state index in [1.807, 2.05) is 64.3 Å². The first-order valence-electron chi connectivity index (χ1n) is 8.16. The predicted octanol–water partition coefficient (Wildman–Crippen LogP) is 3.08. The van der Waals surface area contributed by atoms with Gasteiger partial charge in [-0.15, -0.1) is 0 Å². The van der Waals surface area contributed by atoms with Gasteiger partial charge in [-0.2, -0.15) is 5.10 Å². The smallest absolute Gasteiger partial charge is 0.223 e.